The van der Waals surface area contributed by atoms with Gasteiger partial charge in [0, 0.05) is 0 Å². The molecule has 1 aromatic carbocycles. The summed E-state index contributed by atoms with van der Waals surface area (Å²) < 4.78 is 22.3. The summed E-state index contributed by atoms with van der Waals surface area (Å²) in [6.45, 7) is 1.83. The minimum absolute atomic E-state index is 0.468. The zero-order valence-corrected chi connectivity index (χ0v) is 9.00. The number of nitrogens with two attached hydrogens (primary N) is 1. The van der Waals surface area contributed by atoms with Gasteiger partial charge in [-0.25, -0.2) is 13.6 Å². The van der Waals surface area contributed by atoms with Gasteiger partial charge in [-0.2, -0.15) is 0 Å². The highest BCUT2D eigenvalue weighted by molar-refractivity contribution is 7.89. The van der Waals surface area contributed by atoms with E-state index in [9.17, 15) is 8.42 Å². The van der Waals surface area contributed by atoms with Crippen molar-refractivity contribution in [1.82, 2.24) is 0 Å². The molecule has 4 heteroatoms. The van der Waals surface area contributed by atoms with Crippen molar-refractivity contribution in [3.63, 3.8) is 0 Å². The quantitative estimate of drug-likeness (QED) is 0.819. The largest absolute Gasteiger partial charge is 0.228 e. The molecule has 1 aromatic rings. The van der Waals surface area contributed by atoms with Crippen molar-refractivity contribution in [3.8, 4) is 0 Å². The van der Waals surface area contributed by atoms with E-state index < -0.39 is 15.3 Å². The number of hydrogen-bond donors (Lipinski definition) is 1. The molecule has 0 saturated carbocycles. The number of benzene rings is 1. The SMILES string of the molecule is CCC(Cc1ccccc1)S(N)(=O)=O. The van der Waals surface area contributed by atoms with E-state index in [-0.39, 0.29) is 0 Å². The molecule has 1 rings (SSSR count). The first-order valence-corrected chi connectivity index (χ1v) is 6.20. The molecule has 14 heavy (non-hydrogen) atoms. The van der Waals surface area contributed by atoms with Crippen LogP contribution in [0.2, 0.25) is 0 Å². The molecule has 1 unspecified atom stereocenters. The van der Waals surface area contributed by atoms with Crippen molar-refractivity contribution in [2.24, 2.45) is 5.14 Å². The average molecular weight is 213 g/mol. The summed E-state index contributed by atoms with van der Waals surface area (Å²) in [6.07, 6.45) is 1.05. The summed E-state index contributed by atoms with van der Waals surface area (Å²) in [5.41, 5.74) is 1.01. The molecule has 0 fully saturated rings. The number of sulfonamides is 1. The van der Waals surface area contributed by atoms with Crippen molar-refractivity contribution in [2.75, 3.05) is 0 Å². The van der Waals surface area contributed by atoms with Crippen LogP contribution in [0.4, 0.5) is 0 Å². The molecule has 0 amide bonds. The fraction of sp³-hybridized carbons (Fsp3) is 0.400. The van der Waals surface area contributed by atoms with Crippen LogP contribution in [0.25, 0.3) is 0 Å². The van der Waals surface area contributed by atoms with Crippen LogP contribution in [0.3, 0.4) is 0 Å². The highest BCUT2D eigenvalue weighted by Gasteiger charge is 2.19. The molecule has 0 aliphatic heterocycles. The Kier molecular flexibility index (Phi) is 3.66. The van der Waals surface area contributed by atoms with Crippen LogP contribution in [-0.4, -0.2) is 13.7 Å². The molecule has 2 N–H and O–H groups in total. The fourth-order valence-corrected chi connectivity index (χ4v) is 2.26. The number of primary sulfonamides is 1. The van der Waals surface area contributed by atoms with Crippen molar-refractivity contribution >= 4 is 10.0 Å². The monoisotopic (exact) mass is 213 g/mol. The van der Waals surface area contributed by atoms with Gasteiger partial charge in [-0.1, -0.05) is 37.3 Å². The van der Waals surface area contributed by atoms with Gasteiger partial charge in [0.15, 0.2) is 0 Å². The molecule has 3 nitrogen and oxygen atoms in total. The maximum Gasteiger partial charge on any atom is 0.212 e. The summed E-state index contributed by atoms with van der Waals surface area (Å²) in [5, 5.41) is 4.64. The van der Waals surface area contributed by atoms with Gasteiger partial charge in [-0.3, -0.25) is 0 Å². The van der Waals surface area contributed by atoms with Crippen LogP contribution in [0.15, 0.2) is 30.3 Å². The predicted molar refractivity (Wildman–Crippen MR) is 57.3 cm³/mol. The van der Waals surface area contributed by atoms with E-state index in [4.69, 9.17) is 5.14 Å². The molecular weight excluding hydrogens is 198 g/mol. The van der Waals surface area contributed by atoms with E-state index in [1.165, 1.54) is 0 Å². The Morgan fingerprint density at radius 2 is 1.86 bits per heavy atom. The van der Waals surface area contributed by atoms with Gasteiger partial charge in [0.05, 0.1) is 5.25 Å². The van der Waals surface area contributed by atoms with Crippen LogP contribution >= 0.6 is 0 Å². The molecule has 0 heterocycles. The third kappa shape index (κ3) is 3.12. The zero-order chi connectivity index (χ0) is 10.6. The van der Waals surface area contributed by atoms with E-state index >= 15 is 0 Å². The van der Waals surface area contributed by atoms with E-state index in [0.717, 1.165) is 5.56 Å². The second-order valence-corrected chi connectivity index (χ2v) is 5.15. The van der Waals surface area contributed by atoms with Crippen LogP contribution in [-0.2, 0) is 16.4 Å². The summed E-state index contributed by atoms with van der Waals surface area (Å²) >= 11 is 0. The molecule has 0 aromatic heterocycles. The normalized spacial score (nSPS) is 13.9. The van der Waals surface area contributed by atoms with Crippen LogP contribution in [0, 0.1) is 0 Å². The maximum atomic E-state index is 11.1. The molecule has 0 bridgehead atoms. The van der Waals surface area contributed by atoms with Gasteiger partial charge in [-0.15, -0.1) is 0 Å². The van der Waals surface area contributed by atoms with Gasteiger partial charge in [-0.05, 0) is 18.4 Å². The molecule has 1 atom stereocenters. The van der Waals surface area contributed by atoms with E-state index in [1.807, 2.05) is 37.3 Å². The summed E-state index contributed by atoms with van der Waals surface area (Å²) in [5.74, 6) is 0. The lowest BCUT2D eigenvalue weighted by molar-refractivity contribution is 0.575. The smallest absolute Gasteiger partial charge is 0.212 e. The number of hydrogen-bond acceptors (Lipinski definition) is 2. The van der Waals surface area contributed by atoms with Crippen LogP contribution in [0.1, 0.15) is 18.9 Å². The second kappa shape index (κ2) is 4.57. The number of rotatable bonds is 4. The van der Waals surface area contributed by atoms with Gasteiger partial charge in [0.1, 0.15) is 0 Å². The van der Waals surface area contributed by atoms with E-state index in [0.29, 0.717) is 12.8 Å². The first kappa shape index (κ1) is 11.2. The van der Waals surface area contributed by atoms with E-state index in [2.05, 4.69) is 0 Å². The van der Waals surface area contributed by atoms with Crippen LogP contribution in [0.5, 0.6) is 0 Å². The third-order valence-corrected chi connectivity index (χ3v) is 3.66. The van der Waals surface area contributed by atoms with Crippen molar-refractivity contribution < 1.29 is 8.42 Å². The lowest BCUT2D eigenvalue weighted by Crippen LogP contribution is -2.29. The molecule has 0 aliphatic carbocycles. The van der Waals surface area contributed by atoms with Crippen molar-refractivity contribution in [1.29, 1.82) is 0 Å². The topological polar surface area (TPSA) is 60.2 Å². The molecule has 0 saturated heterocycles. The van der Waals surface area contributed by atoms with Crippen LogP contribution < -0.4 is 5.14 Å². The highest BCUT2D eigenvalue weighted by atomic mass is 32.2. The Morgan fingerprint density at radius 1 is 1.29 bits per heavy atom. The second-order valence-electron chi connectivity index (χ2n) is 3.31. The first-order valence-electron chi connectivity index (χ1n) is 4.59. The Morgan fingerprint density at radius 3 is 2.29 bits per heavy atom. The minimum atomic E-state index is -3.41. The molecule has 0 spiro atoms. The fourth-order valence-electron chi connectivity index (χ4n) is 1.37. The Labute approximate surface area is 85.0 Å². The van der Waals surface area contributed by atoms with Gasteiger partial charge in [0.2, 0.25) is 10.0 Å². The summed E-state index contributed by atoms with van der Waals surface area (Å²) in [4.78, 5) is 0. The van der Waals surface area contributed by atoms with Crippen molar-refractivity contribution in [2.45, 2.75) is 25.0 Å². The molecular formula is C10H15NO2S. The highest BCUT2D eigenvalue weighted by Crippen LogP contribution is 2.10. The van der Waals surface area contributed by atoms with Gasteiger partial charge in [0.25, 0.3) is 0 Å². The standard InChI is InChI=1S/C10H15NO2S/c1-2-10(14(11,12)13)8-9-6-4-3-5-7-9/h3-7,10H,2,8H2,1H3,(H2,11,12,13). The Balaban J connectivity index is 2.77. The Bertz CT molecular complexity index is 372. The minimum Gasteiger partial charge on any atom is -0.228 e. The lowest BCUT2D eigenvalue weighted by Gasteiger charge is -2.11. The Hall–Kier alpha value is -0.870. The third-order valence-electron chi connectivity index (χ3n) is 2.23. The zero-order valence-electron chi connectivity index (χ0n) is 8.18. The van der Waals surface area contributed by atoms with Crippen molar-refractivity contribution in [3.05, 3.63) is 35.9 Å². The van der Waals surface area contributed by atoms with Gasteiger partial charge >= 0.3 is 0 Å². The average Bonchev–Trinajstić information content (AvgIpc) is 2.14. The molecule has 0 aliphatic rings. The predicted octanol–water partition coefficient (Wildman–Crippen LogP) is 1.30. The molecule has 0 radical (unpaired) electrons. The van der Waals surface area contributed by atoms with E-state index in [1.54, 1.807) is 0 Å². The lowest BCUT2D eigenvalue weighted by atomic mass is 10.1. The maximum absolute atomic E-state index is 11.1. The molecule has 78 valence electrons. The summed E-state index contributed by atoms with van der Waals surface area (Å²) in [7, 11) is -3.41. The summed E-state index contributed by atoms with van der Waals surface area (Å²) in [6, 6.07) is 9.51. The first-order chi connectivity index (χ1) is 6.54. The van der Waals surface area contributed by atoms with Gasteiger partial charge < -0.3 is 0 Å².